The molecular formula is C45H30N4O. The van der Waals surface area contributed by atoms with Crippen molar-refractivity contribution < 1.29 is 4.42 Å². The molecule has 2 aliphatic rings. The number of hydrogen-bond acceptors (Lipinski definition) is 5. The van der Waals surface area contributed by atoms with E-state index in [0.29, 0.717) is 17.5 Å². The highest BCUT2D eigenvalue weighted by atomic mass is 16.3. The van der Waals surface area contributed by atoms with E-state index in [1.54, 1.807) is 0 Å². The van der Waals surface area contributed by atoms with Crippen molar-refractivity contribution >= 4 is 28.4 Å². The van der Waals surface area contributed by atoms with Gasteiger partial charge in [0.15, 0.2) is 17.5 Å². The molecule has 0 amide bonds. The molecular weight excluding hydrogens is 613 g/mol. The molecule has 5 heteroatoms. The summed E-state index contributed by atoms with van der Waals surface area (Å²) in [6, 6.07) is 54.7. The maximum Gasteiger partial charge on any atom is 0.164 e. The van der Waals surface area contributed by atoms with Gasteiger partial charge in [0.05, 0.1) is 6.04 Å². The summed E-state index contributed by atoms with van der Waals surface area (Å²) in [5, 5.41) is 1.16. The Labute approximate surface area is 289 Å². The van der Waals surface area contributed by atoms with Crippen molar-refractivity contribution in [2.24, 2.45) is 0 Å². The number of nitrogens with zero attached hydrogens (tertiary/aromatic N) is 4. The van der Waals surface area contributed by atoms with E-state index in [0.717, 1.165) is 44.5 Å². The molecule has 3 heterocycles. The van der Waals surface area contributed by atoms with E-state index in [1.807, 2.05) is 60.7 Å². The molecule has 1 aliphatic carbocycles. The molecule has 2 atom stereocenters. The lowest BCUT2D eigenvalue weighted by molar-refractivity contribution is 0.584. The monoisotopic (exact) mass is 642 g/mol. The Morgan fingerprint density at radius 1 is 0.500 bits per heavy atom. The maximum atomic E-state index is 6.59. The summed E-state index contributed by atoms with van der Waals surface area (Å²) in [5.74, 6) is 3.00. The Morgan fingerprint density at radius 2 is 1.06 bits per heavy atom. The number of rotatable bonds is 5. The Bertz CT molecular complexity index is 2480. The third-order valence-electron chi connectivity index (χ3n) is 9.90. The number of fused-ring (bicyclic) bond motifs is 7. The summed E-state index contributed by atoms with van der Waals surface area (Å²) in [5.41, 5.74) is 11.0. The second kappa shape index (κ2) is 11.5. The van der Waals surface area contributed by atoms with Crippen LogP contribution in [0.4, 0.5) is 11.4 Å². The fraction of sp³-hybridized carbons (Fsp3) is 0.0444. The minimum atomic E-state index is 0.131. The van der Waals surface area contributed by atoms with Gasteiger partial charge < -0.3 is 9.32 Å². The first-order valence-electron chi connectivity index (χ1n) is 16.9. The van der Waals surface area contributed by atoms with E-state index in [4.69, 9.17) is 19.4 Å². The molecule has 2 aromatic heterocycles. The van der Waals surface area contributed by atoms with Crippen molar-refractivity contribution in [2.75, 3.05) is 4.90 Å². The van der Waals surface area contributed by atoms with Crippen LogP contribution in [-0.4, -0.2) is 21.0 Å². The molecule has 0 fully saturated rings. The van der Waals surface area contributed by atoms with Crippen LogP contribution >= 0.6 is 0 Å². The number of benzene rings is 6. The molecule has 0 bridgehead atoms. The Morgan fingerprint density at radius 3 is 1.72 bits per heavy atom. The zero-order valence-electron chi connectivity index (χ0n) is 27.0. The maximum absolute atomic E-state index is 6.59. The van der Waals surface area contributed by atoms with Crippen LogP contribution in [0.15, 0.2) is 168 Å². The van der Waals surface area contributed by atoms with Crippen molar-refractivity contribution in [1.82, 2.24) is 15.0 Å². The minimum absolute atomic E-state index is 0.131. The molecule has 2 unspecified atom stereocenters. The average molecular weight is 643 g/mol. The molecule has 5 nitrogen and oxygen atoms in total. The molecule has 0 saturated heterocycles. The normalized spacial score (nSPS) is 15.9. The van der Waals surface area contributed by atoms with Crippen molar-refractivity contribution in [3.8, 4) is 45.3 Å². The van der Waals surface area contributed by atoms with Gasteiger partial charge >= 0.3 is 0 Å². The highest BCUT2D eigenvalue weighted by Crippen LogP contribution is 2.54. The second-order valence-corrected chi connectivity index (χ2v) is 12.8. The van der Waals surface area contributed by atoms with E-state index in [1.165, 1.54) is 22.5 Å². The van der Waals surface area contributed by atoms with Crippen LogP contribution < -0.4 is 4.90 Å². The van der Waals surface area contributed by atoms with E-state index in [9.17, 15) is 0 Å². The van der Waals surface area contributed by atoms with Crippen molar-refractivity contribution in [1.29, 1.82) is 0 Å². The van der Waals surface area contributed by atoms with E-state index < -0.39 is 0 Å². The lowest BCUT2D eigenvalue weighted by Crippen LogP contribution is -2.30. The molecule has 0 saturated carbocycles. The lowest BCUT2D eigenvalue weighted by atomic mass is 9.81. The Kier molecular flexibility index (Phi) is 6.56. The Hall–Kier alpha value is -6.59. The van der Waals surface area contributed by atoms with Crippen LogP contribution in [-0.2, 0) is 0 Å². The number of anilines is 2. The standard InChI is InChI=1S/C45H30N4O/c1-4-13-30(14-5-1)43-46-44(31-15-6-2-7-16-31)48-45(47-43)32-25-23-29(24-26-32)34-20-12-22-38-41(34)42-39(50-38)28-27-37-40(42)35-19-10-11-21-36(35)49(37)33-17-8-3-9-18-33/h1-28,37,40H. The predicted octanol–water partition coefficient (Wildman–Crippen LogP) is 11.0. The smallest absolute Gasteiger partial charge is 0.164 e. The molecule has 0 N–H and O–H groups in total. The van der Waals surface area contributed by atoms with Crippen LogP contribution in [0.5, 0.6) is 0 Å². The minimum Gasteiger partial charge on any atom is -0.456 e. The van der Waals surface area contributed by atoms with Gasteiger partial charge in [0, 0.05) is 44.9 Å². The van der Waals surface area contributed by atoms with Crippen molar-refractivity contribution in [3.63, 3.8) is 0 Å². The van der Waals surface area contributed by atoms with Crippen LogP contribution in [0, 0.1) is 0 Å². The molecule has 50 heavy (non-hydrogen) atoms. The molecule has 6 aromatic carbocycles. The van der Waals surface area contributed by atoms with E-state index in [2.05, 4.69) is 114 Å². The van der Waals surface area contributed by atoms with Gasteiger partial charge in [-0.15, -0.1) is 0 Å². The highest BCUT2D eigenvalue weighted by molar-refractivity contribution is 6.00. The van der Waals surface area contributed by atoms with Crippen LogP contribution in [0.2, 0.25) is 0 Å². The molecule has 10 rings (SSSR count). The first kappa shape index (κ1) is 28.4. The molecule has 0 spiro atoms. The summed E-state index contributed by atoms with van der Waals surface area (Å²) < 4.78 is 6.59. The zero-order valence-corrected chi connectivity index (χ0v) is 27.0. The lowest BCUT2D eigenvalue weighted by Gasteiger charge is -2.30. The van der Waals surface area contributed by atoms with Gasteiger partial charge in [0.2, 0.25) is 0 Å². The first-order chi connectivity index (χ1) is 24.8. The summed E-state index contributed by atoms with van der Waals surface area (Å²) in [6.45, 7) is 0. The van der Waals surface area contributed by atoms with Crippen LogP contribution in [0.25, 0.3) is 62.3 Å². The van der Waals surface area contributed by atoms with Gasteiger partial charge in [-0.25, -0.2) is 15.0 Å². The third-order valence-corrected chi connectivity index (χ3v) is 9.90. The zero-order chi connectivity index (χ0) is 33.0. The van der Waals surface area contributed by atoms with E-state index in [-0.39, 0.29) is 12.0 Å². The molecule has 0 radical (unpaired) electrons. The number of furan rings is 1. The van der Waals surface area contributed by atoms with Crippen molar-refractivity contribution in [3.05, 3.63) is 181 Å². The highest BCUT2D eigenvalue weighted by Gasteiger charge is 2.43. The molecule has 8 aromatic rings. The third kappa shape index (κ3) is 4.59. The van der Waals surface area contributed by atoms with Gasteiger partial charge in [-0.05, 0) is 47.0 Å². The summed E-state index contributed by atoms with van der Waals surface area (Å²) in [7, 11) is 0. The summed E-state index contributed by atoms with van der Waals surface area (Å²) >= 11 is 0. The quantitative estimate of drug-likeness (QED) is 0.187. The number of para-hydroxylation sites is 2. The molecule has 1 aliphatic heterocycles. The van der Waals surface area contributed by atoms with E-state index >= 15 is 0 Å². The van der Waals surface area contributed by atoms with Crippen molar-refractivity contribution in [2.45, 2.75) is 12.0 Å². The topological polar surface area (TPSA) is 55.1 Å². The largest absolute Gasteiger partial charge is 0.456 e. The number of aromatic nitrogens is 3. The second-order valence-electron chi connectivity index (χ2n) is 12.8. The first-order valence-corrected chi connectivity index (χ1v) is 16.9. The predicted molar refractivity (Wildman–Crippen MR) is 201 cm³/mol. The fourth-order valence-electron chi connectivity index (χ4n) is 7.67. The van der Waals surface area contributed by atoms with Gasteiger partial charge in [-0.2, -0.15) is 0 Å². The van der Waals surface area contributed by atoms with Crippen LogP contribution in [0.3, 0.4) is 0 Å². The van der Waals surface area contributed by atoms with Gasteiger partial charge in [-0.3, -0.25) is 0 Å². The van der Waals surface area contributed by atoms with Gasteiger partial charge in [0.1, 0.15) is 11.3 Å². The SMILES string of the molecule is C1=CC2C(c3ccccc3N2c2ccccc2)c2c1oc1cccc(-c3ccc(-c4nc(-c5ccccc5)nc(-c5ccccc5)n4)cc3)c21. The fourth-order valence-corrected chi connectivity index (χ4v) is 7.67. The van der Waals surface area contributed by atoms with Gasteiger partial charge in [0.25, 0.3) is 0 Å². The van der Waals surface area contributed by atoms with Gasteiger partial charge in [-0.1, -0.05) is 140 Å². The summed E-state index contributed by atoms with van der Waals surface area (Å²) in [6.07, 6.45) is 4.47. The molecule has 236 valence electrons. The van der Waals surface area contributed by atoms with Crippen LogP contribution in [0.1, 0.15) is 22.8 Å². The summed E-state index contributed by atoms with van der Waals surface area (Å²) in [4.78, 5) is 17.2. The Balaban J connectivity index is 1.08. The average Bonchev–Trinajstić information content (AvgIpc) is 3.75. The number of hydrogen-bond donors (Lipinski definition) is 0.